The Bertz CT molecular complexity index is 599. The van der Waals surface area contributed by atoms with E-state index in [1.165, 1.54) is 0 Å². The molecule has 3 nitrogen and oxygen atoms in total. The van der Waals surface area contributed by atoms with E-state index >= 15 is 0 Å². The van der Waals surface area contributed by atoms with E-state index < -0.39 is 0 Å². The van der Waals surface area contributed by atoms with E-state index in [4.69, 9.17) is 33.2 Å². The minimum Gasteiger partial charge on any atom is -0.383 e. The van der Waals surface area contributed by atoms with Crippen molar-refractivity contribution in [1.82, 2.24) is 4.57 Å². The summed E-state index contributed by atoms with van der Waals surface area (Å²) in [4.78, 5) is 0. The predicted octanol–water partition coefficient (Wildman–Crippen LogP) is 3.47. The van der Waals surface area contributed by atoms with Crippen LogP contribution in [0.3, 0.4) is 0 Å². The highest BCUT2D eigenvalue weighted by Gasteiger charge is 2.15. The SMILES string of the molecule is COCCn1c(Cl)c(C#N)c2cc(Cl)ccc21. The Morgan fingerprint density at radius 2 is 2.18 bits per heavy atom. The Balaban J connectivity index is 2.67. The number of nitriles is 1. The number of hydrogen-bond acceptors (Lipinski definition) is 2. The van der Waals surface area contributed by atoms with Crippen molar-refractivity contribution in [2.45, 2.75) is 6.54 Å². The number of halogens is 2. The normalized spacial score (nSPS) is 10.7. The summed E-state index contributed by atoms with van der Waals surface area (Å²) in [7, 11) is 1.63. The lowest BCUT2D eigenvalue weighted by Crippen LogP contribution is -2.03. The van der Waals surface area contributed by atoms with E-state index in [1.54, 1.807) is 19.2 Å². The zero-order valence-electron chi connectivity index (χ0n) is 9.20. The highest BCUT2D eigenvalue weighted by atomic mass is 35.5. The van der Waals surface area contributed by atoms with Crippen LogP contribution in [-0.2, 0) is 11.3 Å². The number of nitrogens with zero attached hydrogens (tertiary/aromatic N) is 2. The van der Waals surface area contributed by atoms with Crippen LogP contribution in [0, 0.1) is 11.3 Å². The summed E-state index contributed by atoms with van der Waals surface area (Å²) in [6, 6.07) is 7.51. The molecular formula is C12H10Cl2N2O. The Hall–Kier alpha value is -1.21. The number of ether oxygens (including phenoxy) is 1. The minimum absolute atomic E-state index is 0.432. The van der Waals surface area contributed by atoms with Crippen LogP contribution in [0.25, 0.3) is 10.9 Å². The third-order valence-corrected chi connectivity index (χ3v) is 3.22. The minimum atomic E-state index is 0.432. The molecule has 0 aliphatic carbocycles. The second kappa shape index (κ2) is 4.97. The van der Waals surface area contributed by atoms with Gasteiger partial charge in [-0.1, -0.05) is 23.2 Å². The van der Waals surface area contributed by atoms with Crippen molar-refractivity contribution in [3.8, 4) is 6.07 Å². The molecule has 1 aromatic carbocycles. The molecule has 0 amide bonds. The standard InChI is InChI=1S/C12H10Cl2N2O/c1-17-5-4-16-11-3-2-8(13)6-9(11)10(7-15)12(16)14/h2-3,6H,4-5H2,1H3. The predicted molar refractivity (Wildman–Crippen MR) is 68.5 cm³/mol. The van der Waals surface area contributed by atoms with E-state index in [9.17, 15) is 0 Å². The van der Waals surface area contributed by atoms with Gasteiger partial charge in [-0.2, -0.15) is 5.26 Å². The fourth-order valence-corrected chi connectivity index (χ4v) is 2.29. The van der Waals surface area contributed by atoms with Gasteiger partial charge in [0.05, 0.1) is 17.7 Å². The smallest absolute Gasteiger partial charge is 0.128 e. The summed E-state index contributed by atoms with van der Waals surface area (Å²) in [5.74, 6) is 0. The highest BCUT2D eigenvalue weighted by Crippen LogP contribution is 2.31. The molecule has 0 aliphatic rings. The van der Waals surface area contributed by atoms with Crippen LogP contribution < -0.4 is 0 Å². The molecule has 0 saturated heterocycles. The molecule has 0 aliphatic heterocycles. The molecular weight excluding hydrogens is 259 g/mol. The first-order chi connectivity index (χ1) is 8.19. The van der Waals surface area contributed by atoms with Crippen LogP contribution in [0.15, 0.2) is 18.2 Å². The Morgan fingerprint density at radius 1 is 1.41 bits per heavy atom. The van der Waals surface area contributed by atoms with Crippen LogP contribution in [0.5, 0.6) is 0 Å². The van der Waals surface area contributed by atoms with Gasteiger partial charge in [-0.25, -0.2) is 0 Å². The third-order valence-electron chi connectivity index (χ3n) is 2.59. The van der Waals surface area contributed by atoms with Gasteiger partial charge >= 0.3 is 0 Å². The van der Waals surface area contributed by atoms with Gasteiger partial charge in [-0.3, -0.25) is 0 Å². The van der Waals surface area contributed by atoms with Gasteiger partial charge in [-0.05, 0) is 18.2 Å². The van der Waals surface area contributed by atoms with E-state index in [0.29, 0.717) is 28.9 Å². The zero-order chi connectivity index (χ0) is 12.4. The van der Waals surface area contributed by atoms with Crippen LogP contribution in [0.1, 0.15) is 5.56 Å². The molecule has 0 unspecified atom stereocenters. The molecule has 0 saturated carbocycles. The van der Waals surface area contributed by atoms with Crippen molar-refractivity contribution in [2.75, 3.05) is 13.7 Å². The maximum Gasteiger partial charge on any atom is 0.128 e. The lowest BCUT2D eigenvalue weighted by Gasteiger charge is -2.05. The molecule has 5 heteroatoms. The van der Waals surface area contributed by atoms with Crippen molar-refractivity contribution >= 4 is 34.1 Å². The van der Waals surface area contributed by atoms with E-state index in [-0.39, 0.29) is 0 Å². The summed E-state index contributed by atoms with van der Waals surface area (Å²) in [5.41, 5.74) is 1.35. The summed E-state index contributed by atoms with van der Waals surface area (Å²) >= 11 is 12.1. The van der Waals surface area contributed by atoms with Crippen molar-refractivity contribution in [3.63, 3.8) is 0 Å². The maximum absolute atomic E-state index is 9.12. The summed E-state index contributed by atoms with van der Waals surface area (Å²) in [6.45, 7) is 1.14. The molecule has 88 valence electrons. The van der Waals surface area contributed by atoms with Crippen LogP contribution >= 0.6 is 23.2 Å². The maximum atomic E-state index is 9.12. The summed E-state index contributed by atoms with van der Waals surface area (Å²) in [6.07, 6.45) is 0. The average Bonchev–Trinajstić information content (AvgIpc) is 2.57. The molecule has 17 heavy (non-hydrogen) atoms. The van der Waals surface area contributed by atoms with Crippen molar-refractivity contribution in [3.05, 3.63) is 33.9 Å². The van der Waals surface area contributed by atoms with Gasteiger partial charge in [0.15, 0.2) is 0 Å². The van der Waals surface area contributed by atoms with Gasteiger partial charge in [0.25, 0.3) is 0 Å². The Kier molecular flexibility index (Phi) is 3.58. The van der Waals surface area contributed by atoms with Gasteiger partial charge in [0.2, 0.25) is 0 Å². The molecule has 0 atom stereocenters. The van der Waals surface area contributed by atoms with Crippen molar-refractivity contribution < 1.29 is 4.74 Å². The Labute approximate surface area is 109 Å². The van der Waals surface area contributed by atoms with E-state index in [0.717, 1.165) is 10.9 Å². The van der Waals surface area contributed by atoms with Crippen LogP contribution in [-0.4, -0.2) is 18.3 Å². The largest absolute Gasteiger partial charge is 0.383 e. The first-order valence-corrected chi connectivity index (χ1v) is 5.81. The molecule has 0 fully saturated rings. The third kappa shape index (κ3) is 2.12. The number of aromatic nitrogens is 1. The molecule has 0 bridgehead atoms. The quantitative estimate of drug-likeness (QED) is 0.855. The number of methoxy groups -OCH3 is 1. The first kappa shape index (κ1) is 12.3. The second-order valence-electron chi connectivity index (χ2n) is 3.58. The lowest BCUT2D eigenvalue weighted by atomic mass is 10.2. The van der Waals surface area contributed by atoms with E-state index in [1.807, 2.05) is 10.6 Å². The van der Waals surface area contributed by atoms with Crippen LogP contribution in [0.4, 0.5) is 0 Å². The first-order valence-electron chi connectivity index (χ1n) is 5.05. The average molecular weight is 269 g/mol. The van der Waals surface area contributed by atoms with Gasteiger partial charge < -0.3 is 9.30 Å². The summed E-state index contributed by atoms with van der Waals surface area (Å²) in [5, 5.41) is 10.9. The molecule has 0 spiro atoms. The fraction of sp³-hybridized carbons (Fsp3) is 0.250. The number of benzene rings is 1. The summed E-state index contributed by atoms with van der Waals surface area (Å²) < 4.78 is 6.88. The van der Waals surface area contributed by atoms with Gasteiger partial charge in [-0.15, -0.1) is 0 Å². The molecule has 1 heterocycles. The molecule has 0 radical (unpaired) electrons. The monoisotopic (exact) mass is 268 g/mol. The number of fused-ring (bicyclic) bond motifs is 1. The van der Waals surface area contributed by atoms with Crippen LogP contribution in [0.2, 0.25) is 10.2 Å². The van der Waals surface area contributed by atoms with Gasteiger partial charge in [0, 0.05) is 24.1 Å². The molecule has 2 rings (SSSR count). The highest BCUT2D eigenvalue weighted by molar-refractivity contribution is 6.33. The zero-order valence-corrected chi connectivity index (χ0v) is 10.7. The lowest BCUT2D eigenvalue weighted by molar-refractivity contribution is 0.188. The number of rotatable bonds is 3. The number of hydrogen-bond donors (Lipinski definition) is 0. The van der Waals surface area contributed by atoms with Gasteiger partial charge in [0.1, 0.15) is 11.2 Å². The van der Waals surface area contributed by atoms with Crippen molar-refractivity contribution in [1.29, 1.82) is 5.26 Å². The second-order valence-corrected chi connectivity index (χ2v) is 4.38. The fourth-order valence-electron chi connectivity index (χ4n) is 1.80. The van der Waals surface area contributed by atoms with Crippen molar-refractivity contribution in [2.24, 2.45) is 0 Å². The van der Waals surface area contributed by atoms with E-state index in [2.05, 4.69) is 6.07 Å². The molecule has 0 N–H and O–H groups in total. The topological polar surface area (TPSA) is 38.0 Å². The Morgan fingerprint density at radius 3 is 2.82 bits per heavy atom. The molecule has 1 aromatic heterocycles. The molecule has 2 aromatic rings.